The number of anilines is 1. The topological polar surface area (TPSA) is 28.6 Å². The number of pyridine rings is 1. The van der Waals surface area contributed by atoms with Gasteiger partial charge in [-0.25, -0.2) is 4.98 Å². The van der Waals surface area contributed by atoms with E-state index in [1.807, 2.05) is 0 Å². The summed E-state index contributed by atoms with van der Waals surface area (Å²) >= 11 is 0. The first kappa shape index (κ1) is 16.5. The summed E-state index contributed by atoms with van der Waals surface area (Å²) in [4.78, 5) is 8.46. The highest BCUT2D eigenvalue weighted by Crippen LogP contribution is 2.29. The Balaban J connectivity index is 1.57. The number of halogens is 3. The Kier molecular flexibility index (Phi) is 5.06. The van der Waals surface area contributed by atoms with Crippen molar-refractivity contribution in [3.63, 3.8) is 0 Å². The normalized spacial score (nSPS) is 24.0. The molecule has 2 aliphatic heterocycles. The van der Waals surface area contributed by atoms with Crippen LogP contribution in [0.4, 0.5) is 19.0 Å². The first-order valence-corrected chi connectivity index (χ1v) is 8.14. The van der Waals surface area contributed by atoms with Gasteiger partial charge in [-0.15, -0.1) is 0 Å². The first-order chi connectivity index (χ1) is 11.0. The van der Waals surface area contributed by atoms with Crippen LogP contribution in [0.2, 0.25) is 0 Å². The van der Waals surface area contributed by atoms with Crippen LogP contribution in [0.3, 0.4) is 0 Å². The van der Waals surface area contributed by atoms with E-state index in [2.05, 4.69) is 14.8 Å². The molecule has 1 unspecified atom stereocenters. The highest BCUT2D eigenvalue weighted by molar-refractivity contribution is 5.40. The van der Waals surface area contributed by atoms with Crippen LogP contribution in [0.25, 0.3) is 0 Å². The van der Waals surface area contributed by atoms with Gasteiger partial charge < -0.3 is 9.64 Å². The maximum atomic E-state index is 12.6. The van der Waals surface area contributed by atoms with E-state index in [1.54, 1.807) is 0 Å². The quantitative estimate of drug-likeness (QED) is 0.853. The van der Waals surface area contributed by atoms with Gasteiger partial charge in [-0.2, -0.15) is 13.2 Å². The molecule has 3 rings (SSSR count). The van der Waals surface area contributed by atoms with Gasteiger partial charge >= 0.3 is 6.18 Å². The van der Waals surface area contributed by atoms with Gasteiger partial charge in [0.05, 0.1) is 11.7 Å². The Morgan fingerprint density at radius 1 is 1.13 bits per heavy atom. The summed E-state index contributed by atoms with van der Waals surface area (Å²) in [5.41, 5.74) is -0.698. The molecule has 2 fully saturated rings. The Labute approximate surface area is 134 Å². The minimum atomic E-state index is -4.33. The standard InChI is InChI=1S/C16H22F3N3O/c17-16(18,19)13-4-5-15(20-11-13)22-7-2-6-21(8-9-22)12-14-3-1-10-23-14/h4-5,11,14H,1-3,6-10,12H2. The Bertz CT molecular complexity index is 500. The van der Waals surface area contributed by atoms with E-state index < -0.39 is 11.7 Å². The van der Waals surface area contributed by atoms with Crippen LogP contribution in [-0.2, 0) is 10.9 Å². The fraction of sp³-hybridized carbons (Fsp3) is 0.688. The number of alkyl halides is 3. The summed E-state index contributed by atoms with van der Waals surface area (Å²) in [6.45, 7) is 5.30. The third-order valence-corrected chi connectivity index (χ3v) is 4.47. The highest BCUT2D eigenvalue weighted by atomic mass is 19.4. The summed E-state index contributed by atoms with van der Waals surface area (Å²) in [5.74, 6) is 0.622. The predicted molar refractivity (Wildman–Crippen MR) is 81.5 cm³/mol. The van der Waals surface area contributed by atoms with Crippen LogP contribution < -0.4 is 4.90 Å². The number of hydrogen-bond acceptors (Lipinski definition) is 4. The van der Waals surface area contributed by atoms with Crippen molar-refractivity contribution in [2.45, 2.75) is 31.5 Å². The second-order valence-electron chi connectivity index (χ2n) is 6.18. The molecule has 1 aromatic heterocycles. The molecular weight excluding hydrogens is 307 g/mol. The van der Waals surface area contributed by atoms with Crippen molar-refractivity contribution < 1.29 is 17.9 Å². The average molecular weight is 329 g/mol. The van der Waals surface area contributed by atoms with Gasteiger partial charge in [0.15, 0.2) is 0 Å². The van der Waals surface area contributed by atoms with E-state index in [9.17, 15) is 13.2 Å². The van der Waals surface area contributed by atoms with E-state index in [-0.39, 0.29) is 0 Å². The fourth-order valence-corrected chi connectivity index (χ4v) is 3.20. The SMILES string of the molecule is FC(F)(F)c1ccc(N2CCCN(CC3CCCO3)CC2)nc1. The summed E-state index contributed by atoms with van der Waals surface area (Å²) in [5, 5.41) is 0. The number of aromatic nitrogens is 1. The van der Waals surface area contributed by atoms with Crippen LogP contribution in [0.15, 0.2) is 18.3 Å². The molecule has 0 amide bonds. The summed E-state index contributed by atoms with van der Waals surface area (Å²) in [7, 11) is 0. The molecule has 2 aliphatic rings. The number of hydrogen-bond donors (Lipinski definition) is 0. The lowest BCUT2D eigenvalue weighted by Crippen LogP contribution is -2.35. The first-order valence-electron chi connectivity index (χ1n) is 8.14. The van der Waals surface area contributed by atoms with Crippen molar-refractivity contribution in [1.82, 2.24) is 9.88 Å². The van der Waals surface area contributed by atoms with Crippen LogP contribution in [0.5, 0.6) is 0 Å². The lowest BCUT2D eigenvalue weighted by Gasteiger charge is -2.24. The van der Waals surface area contributed by atoms with Crippen molar-refractivity contribution in [2.75, 3.05) is 44.2 Å². The van der Waals surface area contributed by atoms with Gasteiger partial charge in [-0.05, 0) is 37.9 Å². The van der Waals surface area contributed by atoms with Gasteiger partial charge in [0.2, 0.25) is 0 Å². The van der Waals surface area contributed by atoms with Gasteiger partial charge in [-0.1, -0.05) is 0 Å². The number of rotatable bonds is 3. The zero-order valence-electron chi connectivity index (χ0n) is 13.1. The van der Waals surface area contributed by atoms with E-state index >= 15 is 0 Å². The smallest absolute Gasteiger partial charge is 0.377 e. The maximum absolute atomic E-state index is 12.6. The zero-order chi connectivity index (χ0) is 16.3. The van der Waals surface area contributed by atoms with Gasteiger partial charge in [0, 0.05) is 39.0 Å². The molecule has 1 atom stereocenters. The van der Waals surface area contributed by atoms with Crippen LogP contribution >= 0.6 is 0 Å². The van der Waals surface area contributed by atoms with Crippen molar-refractivity contribution in [3.05, 3.63) is 23.9 Å². The third kappa shape index (κ3) is 4.35. The largest absolute Gasteiger partial charge is 0.417 e. The van der Waals surface area contributed by atoms with Crippen LogP contribution in [0.1, 0.15) is 24.8 Å². The molecule has 23 heavy (non-hydrogen) atoms. The second-order valence-corrected chi connectivity index (χ2v) is 6.18. The molecule has 0 saturated carbocycles. The average Bonchev–Trinajstić information content (AvgIpc) is 2.91. The molecule has 4 nitrogen and oxygen atoms in total. The lowest BCUT2D eigenvalue weighted by molar-refractivity contribution is -0.137. The molecule has 1 aromatic rings. The van der Waals surface area contributed by atoms with E-state index in [4.69, 9.17) is 4.74 Å². The molecule has 0 N–H and O–H groups in total. The molecule has 0 aromatic carbocycles. The monoisotopic (exact) mass is 329 g/mol. The zero-order valence-corrected chi connectivity index (χ0v) is 13.1. The fourth-order valence-electron chi connectivity index (χ4n) is 3.20. The predicted octanol–water partition coefficient (Wildman–Crippen LogP) is 2.79. The van der Waals surface area contributed by atoms with Crippen LogP contribution in [-0.4, -0.2) is 55.3 Å². The number of ether oxygens (including phenoxy) is 1. The van der Waals surface area contributed by atoms with Gasteiger partial charge in [0.25, 0.3) is 0 Å². The van der Waals surface area contributed by atoms with Gasteiger partial charge in [-0.3, -0.25) is 4.90 Å². The van der Waals surface area contributed by atoms with Crippen molar-refractivity contribution >= 4 is 5.82 Å². The lowest BCUT2D eigenvalue weighted by atomic mass is 10.2. The Hall–Kier alpha value is -1.34. The minimum Gasteiger partial charge on any atom is -0.377 e. The molecule has 0 spiro atoms. The van der Waals surface area contributed by atoms with Crippen LogP contribution in [0, 0.1) is 0 Å². The third-order valence-electron chi connectivity index (χ3n) is 4.47. The summed E-state index contributed by atoms with van der Waals surface area (Å²) in [6, 6.07) is 2.58. The molecule has 128 valence electrons. The molecule has 7 heteroatoms. The molecule has 2 saturated heterocycles. The van der Waals surface area contributed by atoms with E-state index in [1.165, 1.54) is 6.07 Å². The number of nitrogens with zero attached hydrogens (tertiary/aromatic N) is 3. The van der Waals surface area contributed by atoms with Crippen molar-refractivity contribution in [3.8, 4) is 0 Å². The molecule has 3 heterocycles. The highest BCUT2D eigenvalue weighted by Gasteiger charge is 2.31. The van der Waals surface area contributed by atoms with Crippen molar-refractivity contribution in [1.29, 1.82) is 0 Å². The maximum Gasteiger partial charge on any atom is 0.417 e. The second kappa shape index (κ2) is 7.05. The molecule has 0 radical (unpaired) electrons. The molecule has 0 aliphatic carbocycles. The summed E-state index contributed by atoms with van der Waals surface area (Å²) < 4.78 is 43.5. The Morgan fingerprint density at radius 2 is 2.00 bits per heavy atom. The van der Waals surface area contributed by atoms with E-state index in [0.29, 0.717) is 11.9 Å². The van der Waals surface area contributed by atoms with Gasteiger partial charge in [0.1, 0.15) is 5.82 Å². The molecule has 0 bridgehead atoms. The Morgan fingerprint density at radius 3 is 2.65 bits per heavy atom. The summed E-state index contributed by atoms with van der Waals surface area (Å²) in [6.07, 6.45) is 0.175. The molecular formula is C16H22F3N3O. The van der Waals surface area contributed by atoms with Crippen molar-refractivity contribution in [2.24, 2.45) is 0 Å². The minimum absolute atomic E-state index is 0.339. The van der Waals surface area contributed by atoms with E-state index in [0.717, 1.165) is 70.9 Å².